The maximum atomic E-state index is 12.7. The maximum absolute atomic E-state index is 12.7. The molecule has 0 atom stereocenters. The molecule has 0 aliphatic carbocycles. The Hall–Kier alpha value is -3.89. The summed E-state index contributed by atoms with van der Waals surface area (Å²) in [4.78, 5) is 28.3. The van der Waals surface area contributed by atoms with E-state index in [1.54, 1.807) is 18.5 Å². The summed E-state index contributed by atoms with van der Waals surface area (Å²) in [5.41, 5.74) is 1.61. The van der Waals surface area contributed by atoms with Gasteiger partial charge in [0, 0.05) is 28.7 Å². The first-order valence-corrected chi connectivity index (χ1v) is 11.9. The molecule has 0 aliphatic rings. The van der Waals surface area contributed by atoms with Crippen LogP contribution in [0, 0.1) is 0 Å². The molecular weight excluding hydrogens is 490 g/mol. The van der Waals surface area contributed by atoms with E-state index in [1.165, 1.54) is 18.2 Å². The lowest BCUT2D eigenvalue weighted by atomic mass is 10.2. The van der Waals surface area contributed by atoms with E-state index in [1.807, 2.05) is 41.8 Å². The molecule has 0 saturated carbocycles. The van der Waals surface area contributed by atoms with Crippen LogP contribution in [0.4, 0.5) is 5.69 Å². The van der Waals surface area contributed by atoms with Crippen molar-refractivity contribution in [2.75, 3.05) is 17.7 Å². The van der Waals surface area contributed by atoms with Gasteiger partial charge in [-0.15, -0.1) is 10.2 Å². The second-order valence-corrected chi connectivity index (χ2v) is 8.52. The van der Waals surface area contributed by atoms with E-state index in [0.717, 1.165) is 28.8 Å². The predicted molar refractivity (Wildman–Crippen MR) is 134 cm³/mol. The number of carbonyl (C=O) groups excluding carboxylic acids is 1. The lowest BCUT2D eigenvalue weighted by molar-refractivity contribution is -0.113. The Labute approximate surface area is 210 Å². The van der Waals surface area contributed by atoms with Gasteiger partial charge in [-0.1, -0.05) is 23.4 Å². The topological polar surface area (TPSA) is 119 Å². The highest BCUT2D eigenvalue weighted by Gasteiger charge is 2.19. The fraction of sp³-hybridized carbons (Fsp3) is 0.125. The fourth-order valence-electron chi connectivity index (χ4n) is 3.26. The van der Waals surface area contributed by atoms with E-state index >= 15 is 0 Å². The molecule has 2 N–H and O–H groups in total. The summed E-state index contributed by atoms with van der Waals surface area (Å²) < 4.78 is 7.36. The summed E-state index contributed by atoms with van der Waals surface area (Å²) in [7, 11) is 0. The van der Waals surface area contributed by atoms with Gasteiger partial charge in [0.2, 0.25) is 5.91 Å². The predicted octanol–water partition coefficient (Wildman–Crippen LogP) is 4.81. The molecule has 11 heteroatoms. The van der Waals surface area contributed by atoms with Crippen LogP contribution in [0.15, 0.2) is 72.1 Å². The minimum Gasteiger partial charge on any atom is -0.494 e. The average Bonchev–Trinajstić information content (AvgIpc) is 3.28. The second kappa shape index (κ2) is 11.0. The molecule has 1 amide bonds. The van der Waals surface area contributed by atoms with Crippen molar-refractivity contribution < 1.29 is 19.4 Å². The molecule has 0 spiro atoms. The molecule has 9 nitrogen and oxygen atoms in total. The zero-order valence-electron chi connectivity index (χ0n) is 18.5. The van der Waals surface area contributed by atoms with Crippen LogP contribution >= 0.6 is 23.4 Å². The van der Waals surface area contributed by atoms with Crippen LogP contribution in [0.1, 0.15) is 17.3 Å². The highest BCUT2D eigenvalue weighted by Crippen LogP contribution is 2.29. The van der Waals surface area contributed by atoms with Gasteiger partial charge in [-0.05, 0) is 61.5 Å². The number of pyridine rings is 1. The van der Waals surface area contributed by atoms with Gasteiger partial charge in [0.25, 0.3) is 0 Å². The highest BCUT2D eigenvalue weighted by atomic mass is 35.5. The van der Waals surface area contributed by atoms with Crippen molar-refractivity contribution >= 4 is 40.9 Å². The van der Waals surface area contributed by atoms with Crippen molar-refractivity contribution in [1.82, 2.24) is 19.7 Å². The zero-order chi connectivity index (χ0) is 24.8. The lowest BCUT2D eigenvalue weighted by Crippen LogP contribution is -2.17. The quantitative estimate of drug-likeness (QED) is 0.308. The number of aromatic carboxylic acids is 1. The highest BCUT2D eigenvalue weighted by molar-refractivity contribution is 7.99. The number of hydrogen-bond acceptors (Lipinski definition) is 7. The van der Waals surface area contributed by atoms with Gasteiger partial charge in [-0.25, -0.2) is 4.79 Å². The number of thioether (sulfide) groups is 1. The molecule has 0 radical (unpaired) electrons. The van der Waals surface area contributed by atoms with Crippen LogP contribution in [0.25, 0.3) is 17.1 Å². The summed E-state index contributed by atoms with van der Waals surface area (Å²) in [6.45, 7) is 2.47. The van der Waals surface area contributed by atoms with Crippen molar-refractivity contribution in [2.45, 2.75) is 12.1 Å². The van der Waals surface area contributed by atoms with E-state index in [2.05, 4.69) is 20.5 Å². The molecule has 4 aromatic rings. The first-order valence-electron chi connectivity index (χ1n) is 10.5. The summed E-state index contributed by atoms with van der Waals surface area (Å²) in [5.74, 6) is -0.317. The monoisotopic (exact) mass is 509 g/mol. The Morgan fingerprint density at radius 2 is 1.94 bits per heavy atom. The molecular formula is C24H20ClN5O4S. The van der Waals surface area contributed by atoms with Gasteiger partial charge in [-0.2, -0.15) is 0 Å². The van der Waals surface area contributed by atoms with Gasteiger partial charge in [0.15, 0.2) is 11.0 Å². The van der Waals surface area contributed by atoms with Crippen molar-refractivity contribution in [3.05, 3.63) is 77.6 Å². The number of halogens is 1. The molecule has 35 heavy (non-hydrogen) atoms. The molecule has 0 unspecified atom stereocenters. The van der Waals surface area contributed by atoms with E-state index in [0.29, 0.717) is 22.6 Å². The third kappa shape index (κ3) is 5.79. The Balaban J connectivity index is 1.59. The third-order valence-electron chi connectivity index (χ3n) is 4.78. The summed E-state index contributed by atoms with van der Waals surface area (Å²) in [6.07, 6.45) is 3.35. The molecule has 2 aromatic carbocycles. The Morgan fingerprint density at radius 1 is 1.14 bits per heavy atom. The molecule has 0 fully saturated rings. The molecule has 0 saturated heterocycles. The Kier molecular flexibility index (Phi) is 7.64. The van der Waals surface area contributed by atoms with Crippen molar-refractivity contribution in [2.24, 2.45) is 0 Å². The number of carboxylic acids is 1. The average molecular weight is 510 g/mol. The minimum atomic E-state index is -1.17. The first kappa shape index (κ1) is 24.2. The molecule has 0 bridgehead atoms. The van der Waals surface area contributed by atoms with E-state index in [-0.39, 0.29) is 17.0 Å². The number of carboxylic acid groups (broad SMARTS) is 1. The SMILES string of the molecule is CCOc1ccc(-n2c(SCC(=O)Nc3cc(Cl)ccc3C(=O)O)nnc2-c2cccnc2)cc1. The van der Waals surface area contributed by atoms with Gasteiger partial charge in [0.05, 0.1) is 23.6 Å². The van der Waals surface area contributed by atoms with Crippen LogP contribution in [-0.2, 0) is 4.79 Å². The molecule has 178 valence electrons. The molecule has 0 aliphatic heterocycles. The first-order chi connectivity index (χ1) is 17.0. The van der Waals surface area contributed by atoms with Crippen LogP contribution in [-0.4, -0.2) is 49.1 Å². The van der Waals surface area contributed by atoms with Crippen LogP contribution in [0.2, 0.25) is 5.02 Å². The molecule has 2 heterocycles. The Bertz CT molecular complexity index is 1350. The van der Waals surface area contributed by atoms with Crippen molar-refractivity contribution in [3.8, 4) is 22.8 Å². The summed E-state index contributed by atoms with van der Waals surface area (Å²) >= 11 is 7.14. The lowest BCUT2D eigenvalue weighted by Gasteiger charge is -2.12. The zero-order valence-corrected chi connectivity index (χ0v) is 20.1. The van der Waals surface area contributed by atoms with E-state index in [9.17, 15) is 14.7 Å². The largest absolute Gasteiger partial charge is 0.494 e. The third-order valence-corrected chi connectivity index (χ3v) is 5.94. The number of aromatic nitrogens is 4. The van der Waals surface area contributed by atoms with Gasteiger partial charge < -0.3 is 15.2 Å². The number of hydrogen-bond donors (Lipinski definition) is 2. The maximum Gasteiger partial charge on any atom is 0.337 e. The van der Waals surface area contributed by atoms with Crippen LogP contribution in [0.5, 0.6) is 5.75 Å². The number of carbonyl (C=O) groups is 2. The van der Waals surface area contributed by atoms with Crippen LogP contribution < -0.4 is 10.1 Å². The standard InChI is InChI=1S/C24H20ClN5O4S/c1-2-34-18-8-6-17(7-9-18)30-22(15-4-3-11-26-13-15)28-29-24(30)35-14-21(31)27-20-12-16(25)5-10-19(20)23(32)33/h3-13H,2,14H2,1H3,(H,27,31)(H,32,33). The Morgan fingerprint density at radius 3 is 2.63 bits per heavy atom. The number of ether oxygens (including phenoxy) is 1. The molecule has 4 rings (SSSR count). The minimum absolute atomic E-state index is 0.0340. The summed E-state index contributed by atoms with van der Waals surface area (Å²) in [5, 5.41) is 21.4. The van der Waals surface area contributed by atoms with E-state index < -0.39 is 11.9 Å². The van der Waals surface area contributed by atoms with Crippen LogP contribution in [0.3, 0.4) is 0 Å². The van der Waals surface area contributed by atoms with Crippen molar-refractivity contribution in [3.63, 3.8) is 0 Å². The van der Waals surface area contributed by atoms with Crippen molar-refractivity contribution in [1.29, 1.82) is 0 Å². The molecule has 2 aromatic heterocycles. The van der Waals surface area contributed by atoms with E-state index in [4.69, 9.17) is 16.3 Å². The number of anilines is 1. The fourth-order valence-corrected chi connectivity index (χ4v) is 4.18. The summed E-state index contributed by atoms with van der Waals surface area (Å²) in [6, 6.07) is 15.3. The van der Waals surface area contributed by atoms with Gasteiger partial charge >= 0.3 is 5.97 Å². The van der Waals surface area contributed by atoms with Gasteiger partial charge in [0.1, 0.15) is 5.75 Å². The number of nitrogens with one attached hydrogen (secondary N) is 1. The van der Waals surface area contributed by atoms with Gasteiger partial charge in [-0.3, -0.25) is 14.3 Å². The normalized spacial score (nSPS) is 10.7. The number of benzene rings is 2. The smallest absolute Gasteiger partial charge is 0.337 e. The second-order valence-electron chi connectivity index (χ2n) is 7.14. The number of nitrogens with zero attached hydrogens (tertiary/aromatic N) is 4. The number of amides is 1. The number of rotatable bonds is 9.